The van der Waals surface area contributed by atoms with Gasteiger partial charge in [0.15, 0.2) is 0 Å². The number of likely N-dealkylation sites (tertiary alicyclic amines) is 1. The van der Waals surface area contributed by atoms with Crippen molar-refractivity contribution in [3.63, 3.8) is 0 Å². The number of piperidine rings is 1. The summed E-state index contributed by atoms with van der Waals surface area (Å²) in [6.45, 7) is 4.89. The van der Waals surface area contributed by atoms with Gasteiger partial charge in [-0.05, 0) is 18.4 Å². The standard InChI is InChI=1S/C17H22N2O3/c1-2-11-22-17(21)19-10-6-9-15(13-19)18-16(20)12-14-7-4-3-5-8-14/h2-5,7-8,15H,1,6,9-13H2,(H,18,20). The predicted octanol–water partition coefficient (Wildman–Crippen LogP) is 2.13. The van der Waals surface area contributed by atoms with Gasteiger partial charge < -0.3 is 15.0 Å². The van der Waals surface area contributed by atoms with Gasteiger partial charge in [-0.15, -0.1) is 0 Å². The number of rotatable bonds is 5. The van der Waals surface area contributed by atoms with Gasteiger partial charge in [0.05, 0.1) is 6.42 Å². The molecule has 1 atom stereocenters. The van der Waals surface area contributed by atoms with Crippen molar-refractivity contribution in [2.75, 3.05) is 19.7 Å². The summed E-state index contributed by atoms with van der Waals surface area (Å²) in [6, 6.07) is 9.61. The van der Waals surface area contributed by atoms with Gasteiger partial charge in [-0.3, -0.25) is 4.79 Å². The molecular formula is C17H22N2O3. The van der Waals surface area contributed by atoms with Crippen LogP contribution in [0.3, 0.4) is 0 Å². The number of nitrogens with zero attached hydrogens (tertiary/aromatic N) is 1. The molecule has 1 aromatic rings. The Labute approximate surface area is 130 Å². The monoisotopic (exact) mass is 302 g/mol. The summed E-state index contributed by atoms with van der Waals surface area (Å²) >= 11 is 0. The fraction of sp³-hybridized carbons (Fsp3) is 0.412. The number of hydrogen-bond donors (Lipinski definition) is 1. The van der Waals surface area contributed by atoms with Crippen LogP contribution in [-0.4, -0.2) is 42.6 Å². The third kappa shape index (κ3) is 4.91. The molecule has 1 N–H and O–H groups in total. The third-order valence-electron chi connectivity index (χ3n) is 3.58. The van der Waals surface area contributed by atoms with E-state index in [0.717, 1.165) is 18.4 Å². The first-order valence-corrected chi connectivity index (χ1v) is 7.55. The molecule has 1 heterocycles. The first-order chi connectivity index (χ1) is 10.7. The highest BCUT2D eigenvalue weighted by molar-refractivity contribution is 5.79. The SMILES string of the molecule is C=CCOC(=O)N1CCCC(NC(=O)Cc2ccccc2)C1. The van der Waals surface area contributed by atoms with Crippen LogP contribution in [0.15, 0.2) is 43.0 Å². The molecule has 1 unspecified atom stereocenters. The van der Waals surface area contributed by atoms with Crippen LogP contribution in [0.25, 0.3) is 0 Å². The van der Waals surface area contributed by atoms with E-state index < -0.39 is 0 Å². The molecule has 22 heavy (non-hydrogen) atoms. The Morgan fingerprint density at radius 3 is 2.86 bits per heavy atom. The highest BCUT2D eigenvalue weighted by Gasteiger charge is 2.25. The van der Waals surface area contributed by atoms with Gasteiger partial charge in [-0.1, -0.05) is 43.0 Å². The van der Waals surface area contributed by atoms with E-state index in [1.807, 2.05) is 30.3 Å². The van der Waals surface area contributed by atoms with Crippen molar-refractivity contribution in [3.8, 4) is 0 Å². The maximum atomic E-state index is 12.1. The van der Waals surface area contributed by atoms with Crippen LogP contribution < -0.4 is 5.32 Å². The molecule has 1 fully saturated rings. The van der Waals surface area contributed by atoms with Gasteiger partial charge in [0.25, 0.3) is 0 Å². The lowest BCUT2D eigenvalue weighted by Gasteiger charge is -2.32. The van der Waals surface area contributed by atoms with E-state index >= 15 is 0 Å². The quantitative estimate of drug-likeness (QED) is 0.848. The molecule has 0 aliphatic carbocycles. The first-order valence-electron chi connectivity index (χ1n) is 7.55. The van der Waals surface area contributed by atoms with Gasteiger partial charge in [-0.25, -0.2) is 4.79 Å². The second-order valence-electron chi connectivity index (χ2n) is 5.38. The predicted molar refractivity (Wildman–Crippen MR) is 84.4 cm³/mol. The third-order valence-corrected chi connectivity index (χ3v) is 3.58. The van der Waals surface area contributed by atoms with Crippen molar-refractivity contribution in [1.29, 1.82) is 0 Å². The normalized spacial score (nSPS) is 17.6. The fourth-order valence-electron chi connectivity index (χ4n) is 2.54. The Morgan fingerprint density at radius 1 is 1.36 bits per heavy atom. The van der Waals surface area contributed by atoms with Gasteiger partial charge in [-0.2, -0.15) is 0 Å². The molecule has 1 aromatic carbocycles. The van der Waals surface area contributed by atoms with Crippen LogP contribution in [0.5, 0.6) is 0 Å². The second-order valence-corrected chi connectivity index (χ2v) is 5.38. The first kappa shape index (κ1) is 16.1. The summed E-state index contributed by atoms with van der Waals surface area (Å²) in [6.07, 6.45) is 3.30. The van der Waals surface area contributed by atoms with Crippen LogP contribution in [0.2, 0.25) is 0 Å². The van der Waals surface area contributed by atoms with E-state index in [4.69, 9.17) is 4.74 Å². The van der Waals surface area contributed by atoms with E-state index in [1.54, 1.807) is 11.0 Å². The van der Waals surface area contributed by atoms with Crippen molar-refractivity contribution in [3.05, 3.63) is 48.6 Å². The fourth-order valence-corrected chi connectivity index (χ4v) is 2.54. The smallest absolute Gasteiger partial charge is 0.410 e. The van der Waals surface area contributed by atoms with Crippen molar-refractivity contribution < 1.29 is 14.3 Å². The number of carbonyl (C=O) groups is 2. The number of amides is 2. The average molecular weight is 302 g/mol. The number of carbonyl (C=O) groups excluding carboxylic acids is 2. The number of hydrogen-bond acceptors (Lipinski definition) is 3. The van der Waals surface area contributed by atoms with E-state index in [1.165, 1.54) is 0 Å². The van der Waals surface area contributed by atoms with Crippen molar-refractivity contribution in [2.45, 2.75) is 25.3 Å². The minimum absolute atomic E-state index is 0.0127. The highest BCUT2D eigenvalue weighted by Crippen LogP contribution is 2.12. The summed E-state index contributed by atoms with van der Waals surface area (Å²) in [7, 11) is 0. The molecular weight excluding hydrogens is 280 g/mol. The van der Waals surface area contributed by atoms with Crippen LogP contribution in [0.4, 0.5) is 4.79 Å². The van der Waals surface area contributed by atoms with Crippen molar-refractivity contribution in [2.24, 2.45) is 0 Å². The molecule has 2 rings (SSSR count). The maximum Gasteiger partial charge on any atom is 0.410 e. The molecule has 1 saturated heterocycles. The van der Waals surface area contributed by atoms with E-state index in [-0.39, 0.29) is 24.6 Å². The van der Waals surface area contributed by atoms with Gasteiger partial charge in [0.1, 0.15) is 6.61 Å². The second kappa shape index (κ2) is 8.22. The maximum absolute atomic E-state index is 12.1. The van der Waals surface area contributed by atoms with Gasteiger partial charge >= 0.3 is 6.09 Å². The Balaban J connectivity index is 1.81. The van der Waals surface area contributed by atoms with Crippen LogP contribution >= 0.6 is 0 Å². The molecule has 0 bridgehead atoms. The molecule has 0 saturated carbocycles. The van der Waals surface area contributed by atoms with Crippen LogP contribution in [0, 0.1) is 0 Å². The number of ether oxygens (including phenoxy) is 1. The topological polar surface area (TPSA) is 58.6 Å². The molecule has 118 valence electrons. The van der Waals surface area contributed by atoms with E-state index in [9.17, 15) is 9.59 Å². The highest BCUT2D eigenvalue weighted by atomic mass is 16.6. The summed E-state index contributed by atoms with van der Waals surface area (Å²) in [5.74, 6) is -0.0162. The zero-order valence-corrected chi connectivity index (χ0v) is 12.7. The largest absolute Gasteiger partial charge is 0.445 e. The Hall–Kier alpha value is -2.30. The minimum Gasteiger partial charge on any atom is -0.445 e. The molecule has 5 nitrogen and oxygen atoms in total. The summed E-state index contributed by atoms with van der Waals surface area (Å²) in [5, 5.41) is 3.00. The lowest BCUT2D eigenvalue weighted by molar-refractivity contribution is -0.121. The van der Waals surface area contributed by atoms with Crippen LogP contribution in [-0.2, 0) is 16.0 Å². The molecule has 0 radical (unpaired) electrons. The lowest BCUT2D eigenvalue weighted by Crippen LogP contribution is -2.50. The zero-order valence-electron chi connectivity index (χ0n) is 12.7. The Bertz CT molecular complexity index is 516. The molecule has 5 heteroatoms. The van der Waals surface area contributed by atoms with Crippen LogP contribution in [0.1, 0.15) is 18.4 Å². The lowest BCUT2D eigenvalue weighted by atomic mass is 10.1. The summed E-state index contributed by atoms with van der Waals surface area (Å²) in [5.41, 5.74) is 0.984. The molecule has 1 aliphatic rings. The molecule has 1 aliphatic heterocycles. The molecule has 0 aromatic heterocycles. The molecule has 0 spiro atoms. The summed E-state index contributed by atoms with van der Waals surface area (Å²) in [4.78, 5) is 25.5. The Morgan fingerprint density at radius 2 is 2.14 bits per heavy atom. The van der Waals surface area contributed by atoms with Crippen molar-refractivity contribution in [1.82, 2.24) is 10.2 Å². The average Bonchev–Trinajstić information content (AvgIpc) is 2.53. The van der Waals surface area contributed by atoms with E-state index in [2.05, 4.69) is 11.9 Å². The van der Waals surface area contributed by atoms with E-state index in [0.29, 0.717) is 19.5 Å². The van der Waals surface area contributed by atoms with Gasteiger partial charge in [0.2, 0.25) is 5.91 Å². The van der Waals surface area contributed by atoms with Gasteiger partial charge in [0, 0.05) is 19.1 Å². The minimum atomic E-state index is -0.345. The Kier molecular flexibility index (Phi) is 6.01. The number of benzene rings is 1. The van der Waals surface area contributed by atoms with Crippen molar-refractivity contribution >= 4 is 12.0 Å². The molecule has 2 amide bonds. The zero-order chi connectivity index (χ0) is 15.8. The summed E-state index contributed by atoms with van der Waals surface area (Å²) < 4.78 is 5.04. The number of nitrogens with one attached hydrogen (secondary N) is 1.